The summed E-state index contributed by atoms with van der Waals surface area (Å²) < 4.78 is 12.0. The molecule has 2 aliphatic carbocycles. The highest BCUT2D eigenvalue weighted by Crippen LogP contribution is 2.46. The van der Waals surface area contributed by atoms with Crippen molar-refractivity contribution < 1.29 is 14.6 Å². The lowest BCUT2D eigenvalue weighted by molar-refractivity contribution is -0.000919. The van der Waals surface area contributed by atoms with E-state index in [1.54, 1.807) is 11.3 Å². The third-order valence-electron chi connectivity index (χ3n) is 6.52. The molecule has 0 bridgehead atoms. The first kappa shape index (κ1) is 17.9. The van der Waals surface area contributed by atoms with E-state index in [4.69, 9.17) is 9.47 Å². The molecule has 3 heterocycles. The number of hydrogen-bond donors (Lipinski definition) is 1. The van der Waals surface area contributed by atoms with Crippen molar-refractivity contribution in [3.8, 4) is 5.75 Å². The van der Waals surface area contributed by atoms with Crippen molar-refractivity contribution in [3.63, 3.8) is 0 Å². The molecule has 146 valence electrons. The van der Waals surface area contributed by atoms with Gasteiger partial charge in [-0.25, -0.2) is 4.98 Å². The van der Waals surface area contributed by atoms with E-state index in [0.29, 0.717) is 6.04 Å². The van der Waals surface area contributed by atoms with Crippen molar-refractivity contribution in [2.24, 2.45) is 0 Å². The summed E-state index contributed by atoms with van der Waals surface area (Å²) in [5.74, 6) is 1.23. The topological polar surface area (TPSA) is 54.8 Å². The molecule has 2 fully saturated rings. The van der Waals surface area contributed by atoms with Crippen molar-refractivity contribution in [3.05, 3.63) is 22.7 Å². The number of thiophene rings is 1. The molecule has 1 aliphatic heterocycles. The number of nitrogens with zero attached hydrogens (tertiary/aromatic N) is 2. The maximum atomic E-state index is 9.79. The fraction of sp³-hybridized carbons (Fsp3) is 0.667. The standard InChI is InChI=1S/C21H28N2O3S/c24-13-14-1-6-18-19(14)20-17(7-8-22-21(20)27-18)26-16-4-2-15(3-5-16)23-9-11-25-12-10-23/h7-8,14-16,24H,1-6,9-13H2/t14-,15-,16-/m1/s1. The molecule has 2 aromatic heterocycles. The first-order valence-corrected chi connectivity index (χ1v) is 11.1. The van der Waals surface area contributed by atoms with Crippen LogP contribution in [0.3, 0.4) is 0 Å². The molecule has 0 unspecified atom stereocenters. The second-order valence-corrected chi connectivity index (χ2v) is 9.13. The van der Waals surface area contributed by atoms with E-state index in [2.05, 4.69) is 9.88 Å². The summed E-state index contributed by atoms with van der Waals surface area (Å²) in [6.07, 6.45) is 8.91. The number of fused-ring (bicyclic) bond motifs is 3. The van der Waals surface area contributed by atoms with Gasteiger partial charge in [0.05, 0.1) is 31.3 Å². The number of ether oxygens (including phenoxy) is 2. The van der Waals surface area contributed by atoms with Crippen LogP contribution < -0.4 is 4.74 Å². The highest BCUT2D eigenvalue weighted by molar-refractivity contribution is 7.19. The molecule has 6 heteroatoms. The maximum absolute atomic E-state index is 9.79. The Morgan fingerprint density at radius 3 is 2.78 bits per heavy atom. The Bertz CT molecular complexity index is 794. The monoisotopic (exact) mass is 388 g/mol. The van der Waals surface area contributed by atoms with Crippen LogP contribution in [0.5, 0.6) is 5.75 Å². The van der Waals surface area contributed by atoms with Gasteiger partial charge < -0.3 is 14.6 Å². The van der Waals surface area contributed by atoms with Gasteiger partial charge in [0.15, 0.2) is 0 Å². The van der Waals surface area contributed by atoms with E-state index in [1.165, 1.54) is 28.7 Å². The number of rotatable bonds is 4. The van der Waals surface area contributed by atoms with Gasteiger partial charge in [-0.3, -0.25) is 4.90 Å². The smallest absolute Gasteiger partial charge is 0.131 e. The summed E-state index contributed by atoms with van der Waals surface area (Å²) >= 11 is 1.78. The molecule has 0 radical (unpaired) electrons. The van der Waals surface area contributed by atoms with Gasteiger partial charge >= 0.3 is 0 Å². The maximum Gasteiger partial charge on any atom is 0.131 e. The van der Waals surface area contributed by atoms with Crippen LogP contribution in [0.25, 0.3) is 10.2 Å². The SMILES string of the molecule is OC[C@H]1CCc2sc3nccc(O[C@H]4CC[C@H](N5CCOCC5)CC4)c3c21. The van der Waals surface area contributed by atoms with Gasteiger partial charge in [-0.2, -0.15) is 0 Å². The first-order chi connectivity index (χ1) is 13.3. The summed E-state index contributed by atoms with van der Waals surface area (Å²) in [6.45, 7) is 4.12. The zero-order valence-electron chi connectivity index (χ0n) is 15.7. The Hall–Kier alpha value is -1.21. The van der Waals surface area contributed by atoms with E-state index < -0.39 is 0 Å². The van der Waals surface area contributed by atoms with Crippen molar-refractivity contribution in [1.82, 2.24) is 9.88 Å². The van der Waals surface area contributed by atoms with E-state index in [9.17, 15) is 5.11 Å². The normalized spacial score (nSPS) is 29.1. The molecule has 27 heavy (non-hydrogen) atoms. The molecule has 1 N–H and O–H groups in total. The Kier molecular flexibility index (Phi) is 5.07. The summed E-state index contributed by atoms with van der Waals surface area (Å²) in [5.41, 5.74) is 1.31. The van der Waals surface area contributed by atoms with Gasteiger partial charge in [0.25, 0.3) is 0 Å². The van der Waals surface area contributed by atoms with Crippen LogP contribution in [0.1, 0.15) is 48.5 Å². The fourth-order valence-electron chi connectivity index (χ4n) is 5.06. The van der Waals surface area contributed by atoms with Crippen molar-refractivity contribution in [1.29, 1.82) is 0 Å². The zero-order valence-corrected chi connectivity index (χ0v) is 16.5. The Balaban J connectivity index is 1.31. The summed E-state index contributed by atoms with van der Waals surface area (Å²) in [6, 6.07) is 2.71. The Morgan fingerprint density at radius 2 is 2.00 bits per heavy atom. The average molecular weight is 389 g/mol. The highest BCUT2D eigenvalue weighted by atomic mass is 32.1. The van der Waals surface area contributed by atoms with Crippen LogP contribution >= 0.6 is 11.3 Å². The molecular formula is C21H28N2O3S. The average Bonchev–Trinajstić information content (AvgIpc) is 3.28. The lowest BCUT2D eigenvalue weighted by Crippen LogP contribution is -2.46. The molecular weight excluding hydrogens is 360 g/mol. The van der Waals surface area contributed by atoms with Crippen LogP contribution in [-0.2, 0) is 11.2 Å². The molecule has 5 rings (SSSR count). The molecule has 1 saturated carbocycles. The van der Waals surface area contributed by atoms with Crippen molar-refractivity contribution >= 4 is 21.6 Å². The van der Waals surface area contributed by atoms with Gasteiger partial charge in [0.1, 0.15) is 10.6 Å². The number of hydrogen-bond acceptors (Lipinski definition) is 6. The Morgan fingerprint density at radius 1 is 1.19 bits per heavy atom. The minimum Gasteiger partial charge on any atom is -0.490 e. The van der Waals surface area contributed by atoms with Crippen molar-refractivity contribution in [2.45, 2.75) is 56.6 Å². The van der Waals surface area contributed by atoms with E-state index in [1.807, 2.05) is 12.3 Å². The van der Waals surface area contributed by atoms with E-state index in [0.717, 1.165) is 62.6 Å². The molecule has 0 aromatic carbocycles. The van der Waals surface area contributed by atoms with Gasteiger partial charge in [-0.05, 0) is 50.2 Å². The van der Waals surface area contributed by atoms with Gasteiger partial charge in [0.2, 0.25) is 0 Å². The predicted octanol–water partition coefficient (Wildman–Crippen LogP) is 3.34. The lowest BCUT2D eigenvalue weighted by Gasteiger charge is -2.38. The van der Waals surface area contributed by atoms with Gasteiger partial charge in [0, 0.05) is 36.1 Å². The lowest BCUT2D eigenvalue weighted by atomic mass is 9.91. The largest absolute Gasteiger partial charge is 0.490 e. The van der Waals surface area contributed by atoms with Crippen LogP contribution in [0.2, 0.25) is 0 Å². The molecule has 0 spiro atoms. The number of pyridine rings is 1. The zero-order chi connectivity index (χ0) is 18.2. The molecule has 1 saturated heterocycles. The number of morpholine rings is 1. The molecule has 5 nitrogen and oxygen atoms in total. The number of aliphatic hydroxyl groups excluding tert-OH is 1. The predicted molar refractivity (Wildman–Crippen MR) is 107 cm³/mol. The molecule has 0 amide bonds. The minimum atomic E-state index is 0.220. The highest BCUT2D eigenvalue weighted by Gasteiger charge is 2.31. The number of aromatic nitrogens is 1. The summed E-state index contributed by atoms with van der Waals surface area (Å²) in [4.78, 5) is 9.64. The van der Waals surface area contributed by atoms with E-state index >= 15 is 0 Å². The minimum absolute atomic E-state index is 0.220. The van der Waals surface area contributed by atoms with Crippen LogP contribution in [0.15, 0.2) is 12.3 Å². The molecule has 2 aromatic rings. The third-order valence-corrected chi connectivity index (χ3v) is 7.69. The number of aliphatic hydroxyl groups is 1. The van der Waals surface area contributed by atoms with E-state index in [-0.39, 0.29) is 18.6 Å². The van der Waals surface area contributed by atoms with Crippen LogP contribution in [0.4, 0.5) is 0 Å². The fourth-order valence-corrected chi connectivity index (χ4v) is 6.32. The number of aryl methyl sites for hydroxylation is 1. The third kappa shape index (κ3) is 3.37. The van der Waals surface area contributed by atoms with Crippen LogP contribution in [-0.4, -0.2) is 60.0 Å². The van der Waals surface area contributed by atoms with Gasteiger partial charge in [-0.1, -0.05) is 0 Å². The summed E-state index contributed by atoms with van der Waals surface area (Å²) in [5, 5.41) is 11.0. The molecule has 1 atom stereocenters. The quantitative estimate of drug-likeness (QED) is 0.871. The second kappa shape index (κ2) is 7.66. The first-order valence-electron chi connectivity index (χ1n) is 10.3. The summed E-state index contributed by atoms with van der Waals surface area (Å²) in [7, 11) is 0. The second-order valence-electron chi connectivity index (χ2n) is 8.04. The van der Waals surface area contributed by atoms with Crippen molar-refractivity contribution in [2.75, 3.05) is 32.9 Å². The molecule has 3 aliphatic rings. The Labute approximate surface area is 164 Å². The van der Waals surface area contributed by atoms with Gasteiger partial charge in [-0.15, -0.1) is 11.3 Å². The van der Waals surface area contributed by atoms with Crippen LogP contribution in [0, 0.1) is 0 Å².